The summed E-state index contributed by atoms with van der Waals surface area (Å²) in [7, 11) is -3.81. The smallest absolute Gasteiger partial charge is 0.244 e. The summed E-state index contributed by atoms with van der Waals surface area (Å²) >= 11 is 24.0. The fourth-order valence-corrected chi connectivity index (χ4v) is 5.33. The number of hydrogen-bond donors (Lipinski definition) is 0. The van der Waals surface area contributed by atoms with Gasteiger partial charge in [0.15, 0.2) is 0 Å². The van der Waals surface area contributed by atoms with Gasteiger partial charge in [0.25, 0.3) is 0 Å². The van der Waals surface area contributed by atoms with Crippen molar-refractivity contribution in [2.45, 2.75) is 11.0 Å². The summed E-state index contributed by atoms with van der Waals surface area (Å²) in [5.41, 5.74) is 0.717. The Bertz CT molecular complexity index is 884. The third kappa shape index (κ3) is 4.25. The average Bonchev–Trinajstić information content (AvgIpc) is 2.56. The topological polar surface area (TPSA) is 46.6 Å². The molecule has 0 amide bonds. The Morgan fingerprint density at radius 3 is 2.32 bits per heavy atom. The van der Waals surface area contributed by atoms with Crippen molar-refractivity contribution in [3.05, 3.63) is 62.1 Å². The lowest BCUT2D eigenvalue weighted by Crippen LogP contribution is -2.42. The minimum absolute atomic E-state index is 0.0218. The molecular formula is C16H13Cl4NO3S. The number of ether oxygens (including phenoxy) is 1. The number of sulfonamides is 1. The van der Waals surface area contributed by atoms with Crippen LogP contribution in [0.1, 0.15) is 11.7 Å². The van der Waals surface area contributed by atoms with Crippen LogP contribution in [0.2, 0.25) is 20.1 Å². The highest BCUT2D eigenvalue weighted by Crippen LogP contribution is 2.32. The van der Waals surface area contributed by atoms with Crippen LogP contribution in [0.4, 0.5) is 0 Å². The maximum absolute atomic E-state index is 12.9. The number of hydrogen-bond acceptors (Lipinski definition) is 3. The highest BCUT2D eigenvalue weighted by atomic mass is 35.5. The van der Waals surface area contributed by atoms with Crippen LogP contribution in [0, 0.1) is 0 Å². The Labute approximate surface area is 166 Å². The van der Waals surface area contributed by atoms with Crippen molar-refractivity contribution in [1.82, 2.24) is 4.31 Å². The van der Waals surface area contributed by atoms with Gasteiger partial charge in [-0.3, -0.25) is 0 Å². The molecule has 9 heteroatoms. The molecule has 1 heterocycles. The first-order valence-corrected chi connectivity index (χ1v) is 10.3. The molecule has 1 atom stereocenters. The minimum atomic E-state index is -3.81. The number of benzene rings is 2. The molecule has 3 rings (SSSR count). The molecule has 25 heavy (non-hydrogen) atoms. The quantitative estimate of drug-likeness (QED) is 0.669. The molecule has 0 radical (unpaired) electrons. The molecule has 0 N–H and O–H groups in total. The lowest BCUT2D eigenvalue weighted by atomic mass is 10.1. The van der Waals surface area contributed by atoms with Crippen molar-refractivity contribution in [2.24, 2.45) is 0 Å². The Hall–Kier alpha value is -0.530. The van der Waals surface area contributed by atoms with Crippen LogP contribution < -0.4 is 0 Å². The Kier molecular flexibility index (Phi) is 5.85. The molecule has 1 fully saturated rings. The Balaban J connectivity index is 1.91. The van der Waals surface area contributed by atoms with Crippen molar-refractivity contribution in [2.75, 3.05) is 19.7 Å². The van der Waals surface area contributed by atoms with Crippen LogP contribution >= 0.6 is 46.4 Å². The lowest BCUT2D eigenvalue weighted by Gasteiger charge is -2.32. The third-order valence-electron chi connectivity index (χ3n) is 3.80. The van der Waals surface area contributed by atoms with Crippen molar-refractivity contribution < 1.29 is 13.2 Å². The molecule has 0 saturated carbocycles. The van der Waals surface area contributed by atoms with Gasteiger partial charge in [-0.2, -0.15) is 4.31 Å². The SMILES string of the molecule is O=S(=O)(c1cc(Cl)ccc1Cl)N1CCOC(c2cc(Cl)cc(Cl)c2)C1. The van der Waals surface area contributed by atoms with E-state index in [1.807, 2.05) is 0 Å². The Morgan fingerprint density at radius 1 is 0.960 bits per heavy atom. The summed E-state index contributed by atoms with van der Waals surface area (Å²) in [5, 5.41) is 1.35. The molecule has 1 aliphatic heterocycles. The second-order valence-corrected chi connectivity index (χ2v) is 9.12. The standard InChI is InChI=1S/C16H13Cl4NO3S/c17-11-1-2-14(20)16(8-11)25(22,23)21-3-4-24-15(9-21)10-5-12(18)7-13(19)6-10/h1-2,5-8,15H,3-4,9H2. The van der Waals surface area contributed by atoms with E-state index in [1.165, 1.54) is 16.4 Å². The van der Waals surface area contributed by atoms with E-state index in [9.17, 15) is 8.42 Å². The molecule has 1 aliphatic rings. The van der Waals surface area contributed by atoms with E-state index < -0.39 is 16.1 Å². The Morgan fingerprint density at radius 2 is 1.64 bits per heavy atom. The van der Waals surface area contributed by atoms with Crippen LogP contribution in [0.25, 0.3) is 0 Å². The van der Waals surface area contributed by atoms with Crippen molar-refractivity contribution in [3.8, 4) is 0 Å². The molecule has 2 aromatic rings. The summed E-state index contributed by atoms with van der Waals surface area (Å²) in [5.74, 6) is 0. The molecule has 0 bridgehead atoms. The first kappa shape index (κ1) is 19.2. The molecule has 4 nitrogen and oxygen atoms in total. The van der Waals surface area contributed by atoms with Gasteiger partial charge in [0.1, 0.15) is 4.90 Å². The van der Waals surface area contributed by atoms with Crippen LogP contribution in [0.5, 0.6) is 0 Å². The first-order chi connectivity index (χ1) is 11.8. The monoisotopic (exact) mass is 439 g/mol. The second kappa shape index (κ2) is 7.61. The zero-order valence-corrected chi connectivity index (χ0v) is 16.6. The van der Waals surface area contributed by atoms with Gasteiger partial charge in [0.2, 0.25) is 10.0 Å². The van der Waals surface area contributed by atoms with E-state index in [4.69, 9.17) is 51.1 Å². The van der Waals surface area contributed by atoms with E-state index in [0.717, 1.165) is 5.56 Å². The lowest BCUT2D eigenvalue weighted by molar-refractivity contribution is -0.00254. The summed E-state index contributed by atoms with van der Waals surface area (Å²) in [6, 6.07) is 9.38. The van der Waals surface area contributed by atoms with Crippen LogP contribution in [0.3, 0.4) is 0 Å². The highest BCUT2D eigenvalue weighted by molar-refractivity contribution is 7.89. The van der Waals surface area contributed by atoms with Gasteiger partial charge >= 0.3 is 0 Å². The van der Waals surface area contributed by atoms with E-state index in [2.05, 4.69) is 0 Å². The van der Waals surface area contributed by atoms with E-state index >= 15 is 0 Å². The van der Waals surface area contributed by atoms with E-state index in [-0.39, 0.29) is 29.6 Å². The maximum atomic E-state index is 12.9. The van der Waals surface area contributed by atoms with Gasteiger partial charge in [-0.1, -0.05) is 46.4 Å². The fraction of sp³-hybridized carbons (Fsp3) is 0.250. The maximum Gasteiger partial charge on any atom is 0.244 e. The van der Waals surface area contributed by atoms with Crippen LogP contribution in [-0.4, -0.2) is 32.4 Å². The molecule has 0 spiro atoms. The van der Waals surface area contributed by atoms with Gasteiger partial charge in [0.05, 0.1) is 17.7 Å². The largest absolute Gasteiger partial charge is 0.371 e. The number of rotatable bonds is 3. The van der Waals surface area contributed by atoms with Gasteiger partial charge in [-0.25, -0.2) is 8.42 Å². The van der Waals surface area contributed by atoms with E-state index in [1.54, 1.807) is 24.3 Å². The van der Waals surface area contributed by atoms with Crippen molar-refractivity contribution in [3.63, 3.8) is 0 Å². The molecule has 1 unspecified atom stereocenters. The fourth-order valence-electron chi connectivity index (χ4n) is 2.62. The summed E-state index contributed by atoms with van der Waals surface area (Å²) < 4.78 is 32.9. The number of morpholine rings is 1. The highest BCUT2D eigenvalue weighted by Gasteiger charge is 2.33. The van der Waals surface area contributed by atoms with Gasteiger partial charge in [0, 0.05) is 28.2 Å². The summed E-state index contributed by atoms with van der Waals surface area (Å²) in [4.78, 5) is -0.0218. The van der Waals surface area contributed by atoms with E-state index in [0.29, 0.717) is 15.1 Å². The zero-order valence-electron chi connectivity index (χ0n) is 12.8. The second-order valence-electron chi connectivity index (χ2n) is 5.50. The third-order valence-corrected chi connectivity index (χ3v) is 6.82. The van der Waals surface area contributed by atoms with Crippen LogP contribution in [0.15, 0.2) is 41.3 Å². The predicted molar refractivity (Wildman–Crippen MR) is 100 cm³/mol. The molecule has 2 aromatic carbocycles. The summed E-state index contributed by atoms with van der Waals surface area (Å²) in [6.07, 6.45) is -0.474. The summed E-state index contributed by atoms with van der Waals surface area (Å²) in [6.45, 7) is 0.587. The van der Waals surface area contributed by atoms with Gasteiger partial charge in [-0.15, -0.1) is 0 Å². The molecule has 134 valence electrons. The van der Waals surface area contributed by atoms with Gasteiger partial charge in [-0.05, 0) is 42.0 Å². The first-order valence-electron chi connectivity index (χ1n) is 7.30. The average molecular weight is 441 g/mol. The molecular weight excluding hydrogens is 428 g/mol. The normalized spacial score (nSPS) is 19.1. The number of nitrogens with zero attached hydrogens (tertiary/aromatic N) is 1. The predicted octanol–water partition coefficient (Wildman–Crippen LogP) is 5.06. The van der Waals surface area contributed by atoms with Gasteiger partial charge < -0.3 is 4.74 Å². The number of halogens is 4. The minimum Gasteiger partial charge on any atom is -0.371 e. The van der Waals surface area contributed by atoms with Crippen molar-refractivity contribution in [1.29, 1.82) is 0 Å². The molecule has 0 aliphatic carbocycles. The molecule has 0 aromatic heterocycles. The zero-order chi connectivity index (χ0) is 18.2. The molecule has 1 saturated heterocycles. The van der Waals surface area contributed by atoms with Crippen LogP contribution in [-0.2, 0) is 14.8 Å². The van der Waals surface area contributed by atoms with Crippen molar-refractivity contribution >= 4 is 56.4 Å².